The van der Waals surface area contributed by atoms with Gasteiger partial charge in [0.05, 0.1) is 0 Å². The van der Waals surface area contributed by atoms with E-state index in [1.54, 1.807) is 0 Å². The lowest BCUT2D eigenvalue weighted by Gasteiger charge is -2.23. The average molecular weight is 323 g/mol. The number of benzene rings is 2. The summed E-state index contributed by atoms with van der Waals surface area (Å²) in [6.07, 6.45) is 4.22. The summed E-state index contributed by atoms with van der Waals surface area (Å²) >= 11 is 0. The minimum absolute atomic E-state index is 0.0770. The van der Waals surface area contributed by atoms with Crippen LogP contribution in [0.2, 0.25) is 19.6 Å². The SMILES string of the molecule is Cc1ccc(C(O[Si](C)(C)C)[n+]2ccc3ccccc3c2)cc1. The van der Waals surface area contributed by atoms with E-state index in [0.29, 0.717) is 0 Å². The Hall–Kier alpha value is -1.97. The number of pyridine rings is 1. The Morgan fingerprint density at radius 3 is 2.17 bits per heavy atom. The Bertz CT molecular complexity index is 806. The Kier molecular flexibility index (Phi) is 4.33. The highest BCUT2D eigenvalue weighted by Crippen LogP contribution is 2.21. The lowest BCUT2D eigenvalue weighted by Crippen LogP contribution is -2.45. The van der Waals surface area contributed by atoms with Gasteiger partial charge in [0, 0.05) is 17.0 Å². The van der Waals surface area contributed by atoms with Gasteiger partial charge in [-0.1, -0.05) is 35.9 Å². The van der Waals surface area contributed by atoms with Gasteiger partial charge in [-0.25, -0.2) is 0 Å². The van der Waals surface area contributed by atoms with Gasteiger partial charge >= 0.3 is 0 Å². The third-order valence-electron chi connectivity index (χ3n) is 3.81. The molecule has 0 amide bonds. The van der Waals surface area contributed by atoms with Crippen molar-refractivity contribution in [3.05, 3.63) is 78.1 Å². The summed E-state index contributed by atoms with van der Waals surface area (Å²) in [5, 5.41) is 2.48. The molecule has 2 nitrogen and oxygen atoms in total. The zero-order chi connectivity index (χ0) is 16.4. The van der Waals surface area contributed by atoms with Crippen LogP contribution in [0.15, 0.2) is 67.0 Å². The predicted octanol–water partition coefficient (Wildman–Crippen LogP) is 4.83. The molecule has 0 spiro atoms. The number of nitrogens with zero attached hydrogens (tertiary/aromatic N) is 1. The van der Waals surface area contributed by atoms with Gasteiger partial charge in [-0.05, 0) is 50.2 Å². The van der Waals surface area contributed by atoms with E-state index in [2.05, 4.69) is 98.1 Å². The van der Waals surface area contributed by atoms with E-state index in [4.69, 9.17) is 4.43 Å². The Labute approximate surface area is 139 Å². The van der Waals surface area contributed by atoms with Crippen molar-refractivity contribution in [1.82, 2.24) is 0 Å². The van der Waals surface area contributed by atoms with Crippen molar-refractivity contribution in [2.24, 2.45) is 0 Å². The number of aromatic nitrogens is 1. The molecule has 0 N–H and O–H groups in total. The second-order valence-corrected chi connectivity index (χ2v) is 11.5. The fraction of sp³-hybridized carbons (Fsp3) is 0.250. The molecule has 0 fully saturated rings. The van der Waals surface area contributed by atoms with Crippen LogP contribution >= 0.6 is 0 Å². The van der Waals surface area contributed by atoms with Gasteiger partial charge in [0.25, 0.3) is 6.23 Å². The van der Waals surface area contributed by atoms with Crippen molar-refractivity contribution in [3.8, 4) is 0 Å². The van der Waals surface area contributed by atoms with Crippen LogP contribution < -0.4 is 4.57 Å². The van der Waals surface area contributed by atoms with Crippen molar-refractivity contribution in [3.63, 3.8) is 0 Å². The van der Waals surface area contributed by atoms with Crippen LogP contribution in [0.25, 0.3) is 10.8 Å². The zero-order valence-electron chi connectivity index (χ0n) is 14.3. The second kappa shape index (κ2) is 6.26. The number of rotatable bonds is 4. The summed E-state index contributed by atoms with van der Waals surface area (Å²) in [6, 6.07) is 19.2. The van der Waals surface area contributed by atoms with Gasteiger partial charge in [0.15, 0.2) is 20.7 Å². The molecule has 1 heterocycles. The van der Waals surface area contributed by atoms with Crippen molar-refractivity contribution in [2.75, 3.05) is 0 Å². The van der Waals surface area contributed by atoms with Crippen LogP contribution in [0.4, 0.5) is 0 Å². The number of hydrogen-bond acceptors (Lipinski definition) is 1. The lowest BCUT2D eigenvalue weighted by atomic mass is 10.1. The number of hydrogen-bond donors (Lipinski definition) is 0. The number of aryl methyl sites for hydroxylation is 1. The van der Waals surface area contributed by atoms with Gasteiger partial charge < -0.3 is 4.43 Å². The van der Waals surface area contributed by atoms with Crippen molar-refractivity contribution >= 4 is 19.1 Å². The van der Waals surface area contributed by atoms with Crippen LogP contribution in [0.1, 0.15) is 17.4 Å². The first-order valence-corrected chi connectivity index (χ1v) is 11.5. The topological polar surface area (TPSA) is 13.1 Å². The molecule has 118 valence electrons. The van der Waals surface area contributed by atoms with Crippen molar-refractivity contribution in [2.45, 2.75) is 32.8 Å². The van der Waals surface area contributed by atoms with Crippen LogP contribution in [0.3, 0.4) is 0 Å². The van der Waals surface area contributed by atoms with E-state index < -0.39 is 8.32 Å². The minimum atomic E-state index is -1.69. The third kappa shape index (κ3) is 3.87. The summed E-state index contributed by atoms with van der Waals surface area (Å²) in [5.41, 5.74) is 2.46. The molecule has 3 heteroatoms. The van der Waals surface area contributed by atoms with Gasteiger partial charge in [0.1, 0.15) is 0 Å². The summed E-state index contributed by atoms with van der Waals surface area (Å²) < 4.78 is 8.69. The summed E-state index contributed by atoms with van der Waals surface area (Å²) in [7, 11) is -1.69. The van der Waals surface area contributed by atoms with Crippen LogP contribution in [-0.4, -0.2) is 8.32 Å². The standard InChI is InChI=1S/C20H24NOSi/c1-16-9-11-18(12-10-16)20(22-23(2,3)4)21-14-13-17-7-5-6-8-19(17)15-21/h5-15,20H,1-4H3/q+1. The van der Waals surface area contributed by atoms with Gasteiger partial charge in [-0.15, -0.1) is 0 Å². The molecule has 0 radical (unpaired) electrons. The van der Waals surface area contributed by atoms with E-state index in [9.17, 15) is 0 Å². The van der Waals surface area contributed by atoms with E-state index >= 15 is 0 Å². The maximum atomic E-state index is 6.50. The zero-order valence-corrected chi connectivity index (χ0v) is 15.3. The maximum absolute atomic E-state index is 6.50. The molecule has 23 heavy (non-hydrogen) atoms. The first-order valence-electron chi connectivity index (χ1n) is 8.06. The average Bonchev–Trinajstić information content (AvgIpc) is 2.52. The molecule has 3 aromatic rings. The van der Waals surface area contributed by atoms with Crippen LogP contribution in [-0.2, 0) is 4.43 Å². The molecule has 1 aromatic heterocycles. The fourth-order valence-electron chi connectivity index (χ4n) is 2.66. The highest BCUT2D eigenvalue weighted by atomic mass is 28.4. The Morgan fingerprint density at radius 2 is 1.52 bits per heavy atom. The molecule has 0 aliphatic heterocycles. The van der Waals surface area contributed by atoms with Crippen LogP contribution in [0, 0.1) is 6.92 Å². The summed E-state index contributed by atoms with van der Waals surface area (Å²) in [6.45, 7) is 8.81. The van der Waals surface area contributed by atoms with E-state index in [-0.39, 0.29) is 6.23 Å². The third-order valence-corrected chi connectivity index (χ3v) is 4.74. The smallest absolute Gasteiger partial charge is 0.280 e. The largest absolute Gasteiger partial charge is 0.360 e. The van der Waals surface area contributed by atoms with Crippen molar-refractivity contribution < 1.29 is 8.99 Å². The summed E-state index contributed by atoms with van der Waals surface area (Å²) in [5.74, 6) is 0. The molecule has 0 aliphatic rings. The first-order chi connectivity index (χ1) is 10.9. The number of fused-ring (bicyclic) bond motifs is 1. The molecule has 0 saturated heterocycles. The molecule has 3 rings (SSSR count). The fourth-order valence-corrected chi connectivity index (χ4v) is 3.59. The molecule has 1 unspecified atom stereocenters. The quantitative estimate of drug-likeness (QED) is 0.495. The summed E-state index contributed by atoms with van der Waals surface area (Å²) in [4.78, 5) is 0. The molecule has 0 bridgehead atoms. The van der Waals surface area contributed by atoms with Gasteiger partial charge in [-0.3, -0.25) is 0 Å². The Morgan fingerprint density at radius 1 is 0.870 bits per heavy atom. The van der Waals surface area contributed by atoms with Gasteiger partial charge in [-0.2, -0.15) is 4.57 Å². The van der Waals surface area contributed by atoms with Gasteiger partial charge in [0.2, 0.25) is 0 Å². The molecule has 0 aliphatic carbocycles. The van der Waals surface area contributed by atoms with E-state index in [0.717, 1.165) is 0 Å². The first kappa shape index (κ1) is 15.9. The predicted molar refractivity (Wildman–Crippen MR) is 97.9 cm³/mol. The minimum Gasteiger partial charge on any atom is -0.360 e. The molecule has 0 saturated carbocycles. The molecular formula is C20H24NOSi+. The van der Waals surface area contributed by atoms with E-state index in [1.165, 1.54) is 21.9 Å². The molecular weight excluding hydrogens is 298 g/mol. The highest BCUT2D eigenvalue weighted by molar-refractivity contribution is 6.69. The molecule has 1 atom stereocenters. The maximum Gasteiger partial charge on any atom is 0.280 e. The van der Waals surface area contributed by atoms with Crippen molar-refractivity contribution in [1.29, 1.82) is 0 Å². The molecule has 2 aromatic carbocycles. The van der Waals surface area contributed by atoms with Crippen LogP contribution in [0.5, 0.6) is 0 Å². The lowest BCUT2D eigenvalue weighted by molar-refractivity contribution is -0.744. The second-order valence-electron chi connectivity index (χ2n) is 7.01. The monoisotopic (exact) mass is 322 g/mol. The normalized spacial score (nSPS) is 13.2. The van der Waals surface area contributed by atoms with E-state index in [1.807, 2.05) is 0 Å². The Balaban J connectivity index is 2.07. The highest BCUT2D eigenvalue weighted by Gasteiger charge is 2.29.